The molecular formula is H8K2NaO7PSe. The zero-order valence-corrected chi connectivity index (χ0v) is 6.52. The molecule has 0 saturated heterocycles. The van der Waals surface area contributed by atoms with Crippen LogP contribution in [0.15, 0.2) is 0 Å². The molecule has 0 atom stereocenters. The standard InChI is InChI=1S/2K.Na.H3O4P.H2O3Se.3H/c;;;1-5(2,3)4;1-4(2)3;;;/h;;;(H3,1,2,3,4);(H2,1,2,3);;;. The Morgan fingerprint density at radius 3 is 1.00 bits per heavy atom. The Morgan fingerprint density at radius 2 is 1.00 bits per heavy atom. The summed E-state index contributed by atoms with van der Waals surface area (Å²) < 4.78 is 32.0. The second kappa shape index (κ2) is 18.0. The molecule has 0 saturated carbocycles. The quantitative estimate of drug-likeness (QED) is 0.223. The summed E-state index contributed by atoms with van der Waals surface area (Å²) in [7, 11) is -4.64. The molecule has 0 aliphatic rings. The van der Waals surface area contributed by atoms with Crippen LogP contribution in [0, 0.1) is 0 Å². The Hall–Kier alpha value is 4.62. The maximum atomic E-state index is 8.88. The van der Waals surface area contributed by atoms with E-state index in [1.54, 1.807) is 0 Å². The van der Waals surface area contributed by atoms with Gasteiger partial charge in [-0.2, -0.15) is 0 Å². The molecule has 0 aliphatic carbocycles. The van der Waals surface area contributed by atoms with Crippen LogP contribution in [0.1, 0.15) is 0 Å². The fourth-order valence-electron chi connectivity index (χ4n) is 0. The Labute approximate surface area is 181 Å². The molecule has 0 fully saturated rings. The van der Waals surface area contributed by atoms with Gasteiger partial charge in [0, 0.05) is 0 Å². The van der Waals surface area contributed by atoms with Gasteiger partial charge in [0.25, 0.3) is 0 Å². The molecule has 0 heterocycles. The van der Waals surface area contributed by atoms with Gasteiger partial charge in [-0.3, -0.25) is 0 Å². The first-order chi connectivity index (χ1) is 3.73. The van der Waals surface area contributed by atoms with E-state index in [1.165, 1.54) is 0 Å². The summed E-state index contributed by atoms with van der Waals surface area (Å²) in [5.41, 5.74) is 0. The van der Waals surface area contributed by atoms with Crippen LogP contribution in [-0.4, -0.2) is 170 Å². The first-order valence-corrected chi connectivity index (χ1v) is 5.11. The molecule has 0 radical (unpaired) electrons. The molecule has 64 valence electrons. The van der Waals surface area contributed by atoms with Crippen molar-refractivity contribution in [2.75, 3.05) is 0 Å². The molecule has 0 aromatic rings. The van der Waals surface area contributed by atoms with Crippen molar-refractivity contribution in [2.45, 2.75) is 0 Å². The first kappa shape index (κ1) is 30.0. The van der Waals surface area contributed by atoms with Gasteiger partial charge in [-0.1, -0.05) is 0 Å². The second-order valence-corrected chi connectivity index (χ2v) is 2.74. The van der Waals surface area contributed by atoms with Gasteiger partial charge < -0.3 is 14.7 Å². The molecule has 7 nitrogen and oxygen atoms in total. The maximum absolute atomic E-state index is 8.88. The number of hydrogen-bond donors (Lipinski definition) is 5. The zero-order chi connectivity index (χ0) is 8.08. The molecule has 0 amide bonds. The molecule has 0 spiro atoms. The molecule has 12 heteroatoms. The third-order valence-electron chi connectivity index (χ3n) is 0. The summed E-state index contributed by atoms with van der Waals surface area (Å²) in [6, 6.07) is 0. The van der Waals surface area contributed by atoms with Gasteiger partial charge in [-0.15, -0.1) is 0 Å². The van der Waals surface area contributed by atoms with E-state index in [-0.39, 0.29) is 132 Å². The minimum absolute atomic E-state index is 0. The molecule has 0 aliphatic heterocycles. The molecule has 0 rings (SSSR count). The molecule has 0 aromatic carbocycles. The normalized spacial score (nSPS) is 7.83. The molecule has 12 heavy (non-hydrogen) atoms. The van der Waals surface area contributed by atoms with Crippen molar-refractivity contribution in [3.63, 3.8) is 0 Å². The fourth-order valence-corrected chi connectivity index (χ4v) is 0. The van der Waals surface area contributed by atoms with E-state index >= 15 is 0 Å². The summed E-state index contributed by atoms with van der Waals surface area (Å²) in [6.07, 6.45) is 0. The summed E-state index contributed by atoms with van der Waals surface area (Å²) in [5, 5.41) is 0. The van der Waals surface area contributed by atoms with Crippen molar-refractivity contribution in [3.8, 4) is 0 Å². The van der Waals surface area contributed by atoms with Gasteiger partial charge in [0.05, 0.1) is 0 Å². The summed E-state index contributed by atoms with van der Waals surface area (Å²) >= 11 is -3.29. The van der Waals surface area contributed by atoms with Crippen LogP contribution in [0.3, 0.4) is 0 Å². The van der Waals surface area contributed by atoms with E-state index in [0.29, 0.717) is 0 Å². The number of phosphoric acid groups is 1. The number of hydrogen-bond acceptors (Lipinski definition) is 2. The molecule has 0 aromatic heterocycles. The van der Waals surface area contributed by atoms with Crippen molar-refractivity contribution < 1.29 is 31.5 Å². The predicted octanol–water partition coefficient (Wildman–Crippen LogP) is -4.49. The van der Waals surface area contributed by atoms with E-state index in [2.05, 4.69) is 0 Å². The van der Waals surface area contributed by atoms with Crippen molar-refractivity contribution in [3.05, 3.63) is 0 Å². The third kappa shape index (κ3) is 127. The van der Waals surface area contributed by atoms with Crippen LogP contribution in [0.5, 0.6) is 0 Å². The average molecular weight is 331 g/mol. The van der Waals surface area contributed by atoms with Crippen LogP contribution in [0.2, 0.25) is 0 Å². The summed E-state index contributed by atoms with van der Waals surface area (Å²) in [6.45, 7) is 0. The van der Waals surface area contributed by atoms with Crippen LogP contribution < -0.4 is 0 Å². The van der Waals surface area contributed by atoms with E-state index in [1.807, 2.05) is 0 Å². The Kier molecular flexibility index (Phi) is 45.0. The average Bonchev–Trinajstić information content (AvgIpc) is 1.19. The first-order valence-electron chi connectivity index (χ1n) is 1.31. The van der Waals surface area contributed by atoms with Gasteiger partial charge >= 0.3 is 167 Å². The van der Waals surface area contributed by atoms with Crippen LogP contribution in [0.25, 0.3) is 0 Å². The van der Waals surface area contributed by atoms with E-state index in [0.717, 1.165) is 0 Å². The molecular weight excluding hydrogens is 323 g/mol. The monoisotopic (exact) mass is 332 g/mol. The van der Waals surface area contributed by atoms with Gasteiger partial charge in [-0.25, -0.2) is 4.57 Å². The molecule has 0 bridgehead atoms. The van der Waals surface area contributed by atoms with Crippen molar-refractivity contribution >= 4 is 155 Å². The van der Waals surface area contributed by atoms with Gasteiger partial charge in [0.15, 0.2) is 0 Å². The van der Waals surface area contributed by atoms with E-state index < -0.39 is 22.3 Å². The molecule has 5 N–H and O–H groups in total. The van der Waals surface area contributed by atoms with Gasteiger partial charge in [0.1, 0.15) is 0 Å². The van der Waals surface area contributed by atoms with Crippen LogP contribution >= 0.6 is 7.82 Å². The van der Waals surface area contributed by atoms with Gasteiger partial charge in [0.2, 0.25) is 0 Å². The molecule has 0 unspecified atom stereocenters. The minimum atomic E-state index is -4.64. The van der Waals surface area contributed by atoms with E-state index in [4.69, 9.17) is 31.5 Å². The number of rotatable bonds is 0. The predicted molar refractivity (Wildman–Crippen MR) is 46.6 cm³/mol. The summed E-state index contributed by atoms with van der Waals surface area (Å²) in [5.74, 6) is 0. The van der Waals surface area contributed by atoms with Crippen molar-refractivity contribution in [1.82, 2.24) is 0 Å². The summed E-state index contributed by atoms with van der Waals surface area (Å²) in [4.78, 5) is 21.6. The van der Waals surface area contributed by atoms with Crippen LogP contribution in [0.4, 0.5) is 0 Å². The van der Waals surface area contributed by atoms with Gasteiger partial charge in [-0.05, 0) is 0 Å². The zero-order valence-electron chi connectivity index (χ0n) is 3.91. The van der Waals surface area contributed by atoms with E-state index in [9.17, 15) is 0 Å². The Bertz CT molecular complexity index is 121. The third-order valence-corrected chi connectivity index (χ3v) is 0. The van der Waals surface area contributed by atoms with Crippen molar-refractivity contribution in [2.24, 2.45) is 0 Å². The van der Waals surface area contributed by atoms with Crippen molar-refractivity contribution in [1.29, 1.82) is 0 Å². The SMILES string of the molecule is O=P(O)(O)O.O=[Se](O)O.[KH].[KH].[NaH]. The second-order valence-electron chi connectivity index (χ2n) is 0.744. The Balaban J connectivity index is -0.0000000221. The Morgan fingerprint density at radius 1 is 1.00 bits per heavy atom. The fraction of sp³-hybridized carbons (Fsp3) is 0. The topological polar surface area (TPSA) is 135 Å². The van der Waals surface area contributed by atoms with Crippen LogP contribution in [-0.2, 0) is 8.40 Å².